The monoisotopic (exact) mass is 356 g/mol. The summed E-state index contributed by atoms with van der Waals surface area (Å²) < 4.78 is 9.82. The molecule has 2 aliphatic rings. The standard InChI is InChI=1S/C19H20N2O5/c1-25-15(22)9-11-10-19(18(24)26-2)16-13(7-8-21(19)17(11)23)12-5-3-4-6-14(12)20-16/h3-6,11,20H,7-10H2,1-2H3/t11-,19+/m0/s1. The number of hydrogen-bond donors (Lipinski definition) is 1. The molecule has 1 aromatic heterocycles. The molecule has 4 rings (SSSR count). The summed E-state index contributed by atoms with van der Waals surface area (Å²) >= 11 is 0. The van der Waals surface area contributed by atoms with E-state index in [-0.39, 0.29) is 18.7 Å². The lowest BCUT2D eigenvalue weighted by Crippen LogP contribution is -2.53. The number of ether oxygens (including phenoxy) is 2. The molecule has 7 nitrogen and oxygen atoms in total. The molecule has 1 fully saturated rings. The van der Waals surface area contributed by atoms with Crippen LogP contribution in [0, 0.1) is 5.92 Å². The third-order valence-electron chi connectivity index (χ3n) is 5.59. The van der Waals surface area contributed by atoms with E-state index in [1.807, 2.05) is 24.3 Å². The Balaban J connectivity index is 1.88. The van der Waals surface area contributed by atoms with Crippen LogP contribution in [0.4, 0.5) is 0 Å². The number of aromatic nitrogens is 1. The molecule has 0 aliphatic carbocycles. The number of carbonyl (C=O) groups is 3. The van der Waals surface area contributed by atoms with Crippen LogP contribution in [-0.4, -0.2) is 48.5 Å². The van der Waals surface area contributed by atoms with E-state index in [4.69, 9.17) is 9.47 Å². The van der Waals surface area contributed by atoms with Gasteiger partial charge in [-0.2, -0.15) is 0 Å². The average Bonchev–Trinajstić information content (AvgIpc) is 3.18. The molecule has 2 atom stereocenters. The largest absolute Gasteiger partial charge is 0.469 e. The van der Waals surface area contributed by atoms with Crippen molar-refractivity contribution in [1.29, 1.82) is 0 Å². The van der Waals surface area contributed by atoms with Crippen LogP contribution in [0.1, 0.15) is 24.1 Å². The second-order valence-electron chi connectivity index (χ2n) is 6.80. The van der Waals surface area contributed by atoms with E-state index in [0.29, 0.717) is 18.7 Å². The first kappa shape index (κ1) is 16.6. The van der Waals surface area contributed by atoms with Gasteiger partial charge >= 0.3 is 11.9 Å². The van der Waals surface area contributed by atoms with Gasteiger partial charge in [0.15, 0.2) is 5.54 Å². The van der Waals surface area contributed by atoms with Gasteiger partial charge in [-0.05, 0) is 24.5 Å². The van der Waals surface area contributed by atoms with Crippen LogP contribution in [0.15, 0.2) is 24.3 Å². The van der Waals surface area contributed by atoms with E-state index >= 15 is 0 Å². The van der Waals surface area contributed by atoms with Crippen molar-refractivity contribution in [3.63, 3.8) is 0 Å². The summed E-state index contributed by atoms with van der Waals surface area (Å²) in [5.74, 6) is -1.74. The Bertz CT molecular complexity index is 918. The molecule has 0 spiro atoms. The molecule has 2 aromatic rings. The Morgan fingerprint density at radius 3 is 2.77 bits per heavy atom. The number of carbonyl (C=O) groups excluding carboxylic acids is 3. The zero-order valence-electron chi connectivity index (χ0n) is 14.7. The number of fused-ring (bicyclic) bond motifs is 5. The smallest absolute Gasteiger partial charge is 0.338 e. The number of hydrogen-bond acceptors (Lipinski definition) is 5. The summed E-state index contributed by atoms with van der Waals surface area (Å²) in [5.41, 5.74) is 1.45. The minimum Gasteiger partial charge on any atom is -0.469 e. The molecule has 1 saturated heterocycles. The summed E-state index contributed by atoms with van der Waals surface area (Å²) in [6, 6.07) is 7.83. The van der Waals surface area contributed by atoms with Crippen LogP contribution in [-0.2, 0) is 35.8 Å². The molecule has 0 bridgehead atoms. The van der Waals surface area contributed by atoms with Crippen molar-refractivity contribution < 1.29 is 23.9 Å². The fourth-order valence-electron chi connectivity index (χ4n) is 4.45. The van der Waals surface area contributed by atoms with E-state index in [2.05, 4.69) is 4.98 Å². The molecule has 0 radical (unpaired) electrons. The van der Waals surface area contributed by atoms with E-state index in [9.17, 15) is 14.4 Å². The number of benzene rings is 1. The van der Waals surface area contributed by atoms with Gasteiger partial charge < -0.3 is 19.4 Å². The predicted octanol–water partition coefficient (Wildman–Crippen LogP) is 1.50. The highest BCUT2D eigenvalue weighted by Gasteiger charge is 2.61. The lowest BCUT2D eigenvalue weighted by atomic mass is 9.82. The lowest BCUT2D eigenvalue weighted by Gasteiger charge is -2.39. The van der Waals surface area contributed by atoms with Gasteiger partial charge in [0, 0.05) is 17.4 Å². The second kappa shape index (κ2) is 5.86. The maximum atomic E-state index is 12.9. The van der Waals surface area contributed by atoms with Crippen LogP contribution in [0.5, 0.6) is 0 Å². The van der Waals surface area contributed by atoms with E-state index < -0.39 is 23.4 Å². The molecular formula is C19H20N2O5. The van der Waals surface area contributed by atoms with Crippen molar-refractivity contribution in [2.75, 3.05) is 20.8 Å². The Morgan fingerprint density at radius 2 is 2.04 bits per heavy atom. The van der Waals surface area contributed by atoms with Crippen molar-refractivity contribution in [2.24, 2.45) is 5.92 Å². The number of H-pyrrole nitrogens is 1. The quantitative estimate of drug-likeness (QED) is 0.842. The first-order valence-electron chi connectivity index (χ1n) is 8.59. The Hall–Kier alpha value is -2.83. The normalized spacial score (nSPS) is 24.3. The first-order valence-corrected chi connectivity index (χ1v) is 8.59. The highest BCUT2D eigenvalue weighted by Crippen LogP contribution is 2.49. The number of aromatic amines is 1. The van der Waals surface area contributed by atoms with Crippen LogP contribution in [0.2, 0.25) is 0 Å². The fourth-order valence-corrected chi connectivity index (χ4v) is 4.45. The summed E-state index contributed by atoms with van der Waals surface area (Å²) in [4.78, 5) is 42.5. The van der Waals surface area contributed by atoms with Crippen LogP contribution in [0.25, 0.3) is 10.9 Å². The number of nitrogens with zero attached hydrogens (tertiary/aromatic N) is 1. The third-order valence-corrected chi connectivity index (χ3v) is 5.59. The zero-order chi connectivity index (χ0) is 18.5. The van der Waals surface area contributed by atoms with Gasteiger partial charge in [0.05, 0.1) is 32.3 Å². The van der Waals surface area contributed by atoms with Gasteiger partial charge in [-0.1, -0.05) is 18.2 Å². The number of nitrogens with one attached hydrogen (secondary N) is 1. The number of para-hydroxylation sites is 1. The van der Waals surface area contributed by atoms with Crippen molar-refractivity contribution in [3.05, 3.63) is 35.5 Å². The van der Waals surface area contributed by atoms with Crippen molar-refractivity contribution in [2.45, 2.75) is 24.8 Å². The Kier molecular flexibility index (Phi) is 3.75. The minimum atomic E-state index is -1.21. The molecule has 3 heterocycles. The molecule has 1 amide bonds. The lowest BCUT2D eigenvalue weighted by molar-refractivity contribution is -0.159. The third kappa shape index (κ3) is 2.09. The molecule has 0 saturated carbocycles. The number of esters is 2. The first-order chi connectivity index (χ1) is 12.5. The Labute approximate surface area is 150 Å². The molecule has 0 unspecified atom stereocenters. The Morgan fingerprint density at radius 1 is 1.27 bits per heavy atom. The summed E-state index contributed by atoms with van der Waals surface area (Å²) in [6.45, 7) is 0.417. The summed E-state index contributed by atoms with van der Waals surface area (Å²) in [5, 5.41) is 1.05. The molecule has 26 heavy (non-hydrogen) atoms. The van der Waals surface area contributed by atoms with Crippen molar-refractivity contribution >= 4 is 28.7 Å². The highest BCUT2D eigenvalue weighted by atomic mass is 16.5. The van der Waals surface area contributed by atoms with E-state index in [1.165, 1.54) is 14.2 Å². The van der Waals surface area contributed by atoms with E-state index in [1.54, 1.807) is 4.90 Å². The maximum absolute atomic E-state index is 12.9. The number of amides is 1. The average molecular weight is 356 g/mol. The molecule has 1 aromatic carbocycles. The molecular weight excluding hydrogens is 336 g/mol. The summed E-state index contributed by atoms with van der Waals surface area (Å²) in [7, 11) is 2.62. The van der Waals surface area contributed by atoms with Gasteiger partial charge in [0.25, 0.3) is 0 Å². The second-order valence-corrected chi connectivity index (χ2v) is 6.80. The van der Waals surface area contributed by atoms with Crippen molar-refractivity contribution in [3.8, 4) is 0 Å². The molecule has 1 N–H and O–H groups in total. The predicted molar refractivity (Wildman–Crippen MR) is 92.1 cm³/mol. The zero-order valence-corrected chi connectivity index (χ0v) is 14.7. The van der Waals surface area contributed by atoms with Gasteiger partial charge in [0.1, 0.15) is 0 Å². The minimum absolute atomic E-state index is 0.0415. The van der Waals surface area contributed by atoms with Crippen molar-refractivity contribution in [1.82, 2.24) is 9.88 Å². The number of methoxy groups -OCH3 is 2. The van der Waals surface area contributed by atoms with Gasteiger partial charge in [-0.25, -0.2) is 4.79 Å². The van der Waals surface area contributed by atoms with Gasteiger partial charge in [-0.3, -0.25) is 9.59 Å². The van der Waals surface area contributed by atoms with Crippen LogP contribution < -0.4 is 0 Å². The fraction of sp³-hybridized carbons (Fsp3) is 0.421. The maximum Gasteiger partial charge on any atom is 0.338 e. The highest BCUT2D eigenvalue weighted by molar-refractivity contribution is 5.98. The molecule has 2 aliphatic heterocycles. The molecule has 136 valence electrons. The summed E-state index contributed by atoms with van der Waals surface area (Å²) in [6.07, 6.45) is 0.808. The van der Waals surface area contributed by atoms with Gasteiger partial charge in [-0.15, -0.1) is 0 Å². The van der Waals surface area contributed by atoms with Crippen LogP contribution >= 0.6 is 0 Å². The SMILES string of the molecule is COC(=O)C[C@H]1C[C@]2(C(=O)OC)c3[nH]c4ccccc4c3CCN2C1=O. The molecule has 7 heteroatoms. The van der Waals surface area contributed by atoms with E-state index in [0.717, 1.165) is 16.5 Å². The van der Waals surface area contributed by atoms with Crippen LogP contribution in [0.3, 0.4) is 0 Å². The van der Waals surface area contributed by atoms with Gasteiger partial charge in [0.2, 0.25) is 5.91 Å². The topological polar surface area (TPSA) is 88.7 Å². The number of rotatable bonds is 3.